The zero-order chi connectivity index (χ0) is 18.1. The Bertz CT molecular complexity index is 510. The normalized spacial score (nSPS) is 15.4. The molecule has 0 spiro atoms. The molecule has 0 radical (unpaired) electrons. The van der Waals surface area contributed by atoms with E-state index in [1.54, 1.807) is 0 Å². The minimum absolute atomic E-state index is 0.292. The third kappa shape index (κ3) is 6.69. The third-order valence-electron chi connectivity index (χ3n) is 4.72. The maximum absolute atomic E-state index is 12.3. The predicted octanol–water partition coefficient (Wildman–Crippen LogP) is 3.07. The quantitative estimate of drug-likeness (QED) is 0.611. The van der Waals surface area contributed by atoms with Crippen molar-refractivity contribution in [3.8, 4) is 0 Å². The van der Waals surface area contributed by atoms with Crippen LogP contribution in [0.25, 0.3) is 0 Å². The molecule has 0 atom stereocenters. The summed E-state index contributed by atoms with van der Waals surface area (Å²) in [5.74, 6) is 1.47. The van der Waals surface area contributed by atoms with E-state index < -0.39 is 0 Å². The van der Waals surface area contributed by atoms with Crippen LogP contribution in [0.4, 0.5) is 5.69 Å². The number of alkyl halides is 2. The van der Waals surface area contributed by atoms with Gasteiger partial charge in [-0.1, -0.05) is 12.1 Å². The third-order valence-corrected chi connectivity index (χ3v) is 5.06. The highest BCUT2D eigenvalue weighted by molar-refractivity contribution is 6.18. The molecule has 1 amide bonds. The molecule has 0 aliphatic carbocycles. The maximum atomic E-state index is 12.3. The van der Waals surface area contributed by atoms with Crippen LogP contribution in [0.3, 0.4) is 0 Å². The van der Waals surface area contributed by atoms with E-state index >= 15 is 0 Å². The molecule has 1 aromatic rings. The van der Waals surface area contributed by atoms with E-state index in [2.05, 4.69) is 41.1 Å². The fraction of sp³-hybridized carbons (Fsp3) is 0.632. The molecule has 1 aliphatic rings. The Morgan fingerprint density at radius 3 is 2.20 bits per heavy atom. The van der Waals surface area contributed by atoms with Crippen molar-refractivity contribution in [2.45, 2.75) is 19.3 Å². The zero-order valence-electron chi connectivity index (χ0n) is 15.1. The van der Waals surface area contributed by atoms with Crippen LogP contribution in [-0.4, -0.2) is 73.8 Å². The van der Waals surface area contributed by atoms with Crippen LogP contribution in [0.1, 0.15) is 18.4 Å². The van der Waals surface area contributed by atoms with Crippen LogP contribution in [-0.2, 0) is 11.2 Å². The molecule has 140 valence electrons. The lowest BCUT2D eigenvalue weighted by Crippen LogP contribution is -2.47. The van der Waals surface area contributed by atoms with Crippen molar-refractivity contribution in [1.29, 1.82) is 0 Å². The van der Waals surface area contributed by atoms with Crippen LogP contribution in [0.15, 0.2) is 24.3 Å². The molecule has 0 saturated carbocycles. The number of aryl methyl sites for hydroxylation is 1. The van der Waals surface area contributed by atoms with Gasteiger partial charge in [0.25, 0.3) is 0 Å². The molecule has 1 aliphatic heterocycles. The van der Waals surface area contributed by atoms with Crippen molar-refractivity contribution < 1.29 is 4.79 Å². The SMILES string of the molecule is CN1CCN(C(=O)CCCc2ccc(N(CCCl)CCCl)cc2)CC1. The summed E-state index contributed by atoms with van der Waals surface area (Å²) in [6.07, 6.45) is 2.47. The fourth-order valence-corrected chi connectivity index (χ4v) is 3.51. The lowest BCUT2D eigenvalue weighted by molar-refractivity contribution is -0.132. The molecule has 4 nitrogen and oxygen atoms in total. The Hall–Kier alpha value is -0.970. The van der Waals surface area contributed by atoms with E-state index in [9.17, 15) is 4.79 Å². The van der Waals surface area contributed by atoms with Crippen molar-refractivity contribution in [1.82, 2.24) is 9.80 Å². The van der Waals surface area contributed by atoms with Gasteiger partial charge in [-0.15, -0.1) is 23.2 Å². The van der Waals surface area contributed by atoms with Crippen molar-refractivity contribution >= 4 is 34.8 Å². The maximum Gasteiger partial charge on any atom is 0.222 e. The molecule has 25 heavy (non-hydrogen) atoms. The highest BCUT2D eigenvalue weighted by atomic mass is 35.5. The number of benzene rings is 1. The second kappa shape index (κ2) is 10.9. The Balaban J connectivity index is 1.76. The van der Waals surface area contributed by atoms with E-state index in [1.165, 1.54) is 5.56 Å². The average molecular weight is 386 g/mol. The van der Waals surface area contributed by atoms with Crippen LogP contribution in [0, 0.1) is 0 Å². The molecule has 1 saturated heterocycles. The zero-order valence-corrected chi connectivity index (χ0v) is 16.6. The summed E-state index contributed by atoms with van der Waals surface area (Å²) in [4.78, 5) is 18.7. The summed E-state index contributed by atoms with van der Waals surface area (Å²) >= 11 is 11.7. The summed E-state index contributed by atoms with van der Waals surface area (Å²) in [5, 5.41) is 0. The number of hydrogen-bond acceptors (Lipinski definition) is 3. The lowest BCUT2D eigenvalue weighted by Gasteiger charge is -2.32. The van der Waals surface area contributed by atoms with Gasteiger partial charge in [0.15, 0.2) is 0 Å². The number of hydrogen-bond donors (Lipinski definition) is 0. The van der Waals surface area contributed by atoms with Crippen LogP contribution in [0.5, 0.6) is 0 Å². The topological polar surface area (TPSA) is 26.8 Å². The van der Waals surface area contributed by atoms with E-state index in [4.69, 9.17) is 23.2 Å². The van der Waals surface area contributed by atoms with Gasteiger partial charge in [0.05, 0.1) is 0 Å². The largest absolute Gasteiger partial charge is 0.369 e. The van der Waals surface area contributed by atoms with E-state index in [1.807, 2.05) is 4.90 Å². The van der Waals surface area contributed by atoms with Crippen molar-refractivity contribution in [3.05, 3.63) is 29.8 Å². The number of halogens is 2. The Kier molecular flexibility index (Phi) is 8.87. The molecule has 0 unspecified atom stereocenters. The monoisotopic (exact) mass is 385 g/mol. The lowest BCUT2D eigenvalue weighted by atomic mass is 10.1. The molecule has 0 bridgehead atoms. The van der Waals surface area contributed by atoms with Gasteiger partial charge in [0.2, 0.25) is 5.91 Å². The molecule has 6 heteroatoms. The van der Waals surface area contributed by atoms with Gasteiger partial charge < -0.3 is 14.7 Å². The second-order valence-electron chi connectivity index (χ2n) is 6.57. The number of carbonyl (C=O) groups excluding carboxylic acids is 1. The average Bonchev–Trinajstić information content (AvgIpc) is 2.62. The number of nitrogens with zero attached hydrogens (tertiary/aromatic N) is 3. The molecule has 2 rings (SSSR count). The van der Waals surface area contributed by atoms with Crippen molar-refractivity contribution in [3.63, 3.8) is 0 Å². The molecule has 0 aromatic heterocycles. The predicted molar refractivity (Wildman–Crippen MR) is 107 cm³/mol. The van der Waals surface area contributed by atoms with E-state index in [-0.39, 0.29) is 0 Å². The van der Waals surface area contributed by atoms with Crippen LogP contribution < -0.4 is 4.90 Å². The molecule has 0 N–H and O–H groups in total. The number of piperazine rings is 1. The van der Waals surface area contributed by atoms with Gasteiger partial charge in [-0.3, -0.25) is 4.79 Å². The summed E-state index contributed by atoms with van der Waals surface area (Å²) in [5.41, 5.74) is 2.42. The van der Waals surface area contributed by atoms with Crippen molar-refractivity contribution in [2.75, 3.05) is 63.0 Å². The minimum atomic E-state index is 0.292. The van der Waals surface area contributed by atoms with E-state index in [0.29, 0.717) is 24.1 Å². The van der Waals surface area contributed by atoms with Gasteiger partial charge in [-0.05, 0) is 37.6 Å². The molecule has 1 heterocycles. The highest BCUT2D eigenvalue weighted by Crippen LogP contribution is 2.17. The van der Waals surface area contributed by atoms with Crippen LogP contribution in [0.2, 0.25) is 0 Å². The molecular weight excluding hydrogens is 357 g/mol. The summed E-state index contributed by atoms with van der Waals surface area (Å²) in [6.45, 7) is 5.28. The Labute approximate surface area is 161 Å². The molecule has 1 fully saturated rings. The van der Waals surface area contributed by atoms with Crippen molar-refractivity contribution in [2.24, 2.45) is 0 Å². The Morgan fingerprint density at radius 2 is 1.64 bits per heavy atom. The number of rotatable bonds is 9. The van der Waals surface area contributed by atoms with Gasteiger partial charge in [-0.25, -0.2) is 0 Å². The Morgan fingerprint density at radius 1 is 1.04 bits per heavy atom. The van der Waals surface area contributed by atoms with Gasteiger partial charge in [0.1, 0.15) is 0 Å². The number of amides is 1. The van der Waals surface area contributed by atoms with Gasteiger partial charge >= 0.3 is 0 Å². The number of anilines is 1. The molecule has 1 aromatic carbocycles. The minimum Gasteiger partial charge on any atom is -0.369 e. The summed E-state index contributed by atoms with van der Waals surface area (Å²) in [6, 6.07) is 8.53. The van der Waals surface area contributed by atoms with Gasteiger partial charge in [-0.2, -0.15) is 0 Å². The highest BCUT2D eigenvalue weighted by Gasteiger charge is 2.18. The first-order chi connectivity index (χ1) is 12.1. The fourth-order valence-electron chi connectivity index (χ4n) is 3.11. The second-order valence-corrected chi connectivity index (χ2v) is 7.33. The number of carbonyl (C=O) groups is 1. The standard InChI is InChI=1S/C19H29Cl2N3O/c1-22-13-15-24(16-14-22)19(25)4-2-3-17-5-7-18(8-6-17)23(11-9-20)12-10-21/h5-8H,2-4,9-16H2,1H3. The van der Waals surface area contributed by atoms with Gasteiger partial charge in [0, 0.05) is 63.1 Å². The first kappa shape index (κ1) is 20.3. The number of likely N-dealkylation sites (N-methyl/N-ethyl adjacent to an activating group) is 1. The summed E-state index contributed by atoms with van der Waals surface area (Å²) < 4.78 is 0. The smallest absolute Gasteiger partial charge is 0.222 e. The first-order valence-electron chi connectivity index (χ1n) is 9.06. The van der Waals surface area contributed by atoms with Crippen LogP contribution >= 0.6 is 23.2 Å². The molecular formula is C19H29Cl2N3O. The summed E-state index contributed by atoms with van der Waals surface area (Å²) in [7, 11) is 2.10. The van der Waals surface area contributed by atoms with E-state index in [0.717, 1.165) is 57.8 Å². The first-order valence-corrected chi connectivity index (χ1v) is 10.1.